The molecule has 0 heterocycles. The molecule has 0 unspecified atom stereocenters. The lowest BCUT2D eigenvalue weighted by molar-refractivity contribution is -0.123. The van der Waals surface area contributed by atoms with Crippen LogP contribution < -0.4 is 0 Å². The summed E-state index contributed by atoms with van der Waals surface area (Å²) in [6.07, 6.45) is 12.7. The van der Waals surface area contributed by atoms with Gasteiger partial charge in [-0.25, -0.2) is 0 Å². The lowest BCUT2D eigenvalue weighted by Gasteiger charge is -2.26. The molecule has 0 aromatic carbocycles. The number of hydrogen-bond acceptors (Lipinski definition) is 1. The molecule has 0 aromatic rings. The Kier molecular flexibility index (Phi) is 4.73. The Morgan fingerprint density at radius 2 is 2.00 bits per heavy atom. The van der Waals surface area contributed by atoms with Gasteiger partial charge in [0.25, 0.3) is 0 Å². The Morgan fingerprint density at radius 3 is 2.50 bits per heavy atom. The van der Waals surface area contributed by atoms with Gasteiger partial charge in [-0.05, 0) is 31.6 Å². The van der Waals surface area contributed by atoms with Crippen LogP contribution in [0.3, 0.4) is 0 Å². The molecule has 0 radical (unpaired) electrons. The second kappa shape index (κ2) is 5.86. The zero-order chi connectivity index (χ0) is 10.4. The molecule has 1 nitrogen and oxygen atoms in total. The highest BCUT2D eigenvalue weighted by Crippen LogP contribution is 2.32. The van der Waals surface area contributed by atoms with E-state index in [0.29, 0.717) is 12.2 Å². The van der Waals surface area contributed by atoms with Crippen LogP contribution in [0.1, 0.15) is 51.9 Å². The van der Waals surface area contributed by atoms with E-state index in [4.69, 9.17) is 6.42 Å². The van der Waals surface area contributed by atoms with E-state index in [9.17, 15) is 4.79 Å². The van der Waals surface area contributed by atoms with Crippen LogP contribution in [-0.2, 0) is 4.79 Å². The first kappa shape index (κ1) is 11.3. The van der Waals surface area contributed by atoms with Gasteiger partial charge < -0.3 is 0 Å². The summed E-state index contributed by atoms with van der Waals surface area (Å²) >= 11 is 0. The Balaban J connectivity index is 2.29. The minimum Gasteiger partial charge on any atom is -0.298 e. The maximum atomic E-state index is 11.5. The lowest BCUT2D eigenvalue weighted by Crippen LogP contribution is -2.21. The van der Waals surface area contributed by atoms with E-state index in [0.717, 1.165) is 18.8 Å². The van der Waals surface area contributed by atoms with Crippen LogP contribution in [0.5, 0.6) is 0 Å². The lowest BCUT2D eigenvalue weighted by atomic mass is 9.78. The molecule has 14 heavy (non-hydrogen) atoms. The highest BCUT2D eigenvalue weighted by atomic mass is 16.1. The molecule has 0 saturated heterocycles. The molecule has 0 aliphatic heterocycles. The van der Waals surface area contributed by atoms with E-state index in [2.05, 4.69) is 12.8 Å². The molecule has 1 rings (SSSR count). The van der Waals surface area contributed by atoms with E-state index in [1.165, 1.54) is 25.7 Å². The number of terminal acetylenes is 1. The summed E-state index contributed by atoms with van der Waals surface area (Å²) in [6, 6.07) is 0. The maximum absolute atomic E-state index is 11.5. The first-order valence-corrected chi connectivity index (χ1v) is 5.74. The van der Waals surface area contributed by atoms with Gasteiger partial charge in [0, 0.05) is 5.92 Å². The molecule has 0 amide bonds. The van der Waals surface area contributed by atoms with Crippen molar-refractivity contribution in [3.63, 3.8) is 0 Å². The summed E-state index contributed by atoms with van der Waals surface area (Å²) in [5, 5.41) is 0. The number of carbonyl (C=O) groups excluding carboxylic acids is 1. The van der Waals surface area contributed by atoms with Crippen molar-refractivity contribution in [3.8, 4) is 12.3 Å². The van der Waals surface area contributed by atoms with Crippen molar-refractivity contribution in [2.45, 2.75) is 51.9 Å². The van der Waals surface area contributed by atoms with Gasteiger partial charge in [-0.2, -0.15) is 0 Å². The zero-order valence-electron chi connectivity index (χ0n) is 9.09. The molecule has 78 valence electrons. The Bertz CT molecular complexity index is 216. The number of ketones is 1. The minimum absolute atomic E-state index is 0.277. The van der Waals surface area contributed by atoms with Crippen LogP contribution in [0.4, 0.5) is 0 Å². The smallest absolute Gasteiger partial charge is 0.147 e. The zero-order valence-corrected chi connectivity index (χ0v) is 9.09. The Hall–Kier alpha value is -0.770. The van der Waals surface area contributed by atoms with E-state index < -0.39 is 0 Å². The van der Waals surface area contributed by atoms with Gasteiger partial charge in [0.15, 0.2) is 0 Å². The molecule has 0 aromatic heterocycles. The number of rotatable bonds is 4. The number of carbonyl (C=O) groups is 1. The Labute approximate surface area is 87.3 Å². The predicted molar refractivity (Wildman–Crippen MR) is 58.8 cm³/mol. The second-order valence-electron chi connectivity index (χ2n) is 4.35. The van der Waals surface area contributed by atoms with Gasteiger partial charge in [-0.15, -0.1) is 6.42 Å². The summed E-state index contributed by atoms with van der Waals surface area (Å²) < 4.78 is 0. The molecule has 1 aliphatic carbocycles. The monoisotopic (exact) mass is 192 g/mol. The molecule has 0 bridgehead atoms. The first-order chi connectivity index (χ1) is 6.77. The van der Waals surface area contributed by atoms with Gasteiger partial charge in [-0.1, -0.05) is 25.7 Å². The fourth-order valence-corrected chi connectivity index (χ4v) is 2.43. The van der Waals surface area contributed by atoms with Crippen molar-refractivity contribution in [1.82, 2.24) is 0 Å². The standard InChI is InChI=1S/C13H20O/c1-3-5-11-7-9-12(10-8-11)13(14)6-4-2/h2,11-12H,3,5-10H2,1H3. The third-order valence-electron chi connectivity index (χ3n) is 3.28. The van der Waals surface area contributed by atoms with Gasteiger partial charge in [0.1, 0.15) is 5.78 Å². The molecule has 0 N–H and O–H groups in total. The van der Waals surface area contributed by atoms with Crippen LogP contribution in [0.2, 0.25) is 0 Å². The fraction of sp³-hybridized carbons (Fsp3) is 0.769. The highest BCUT2D eigenvalue weighted by Gasteiger charge is 2.24. The predicted octanol–water partition coefficient (Wildman–Crippen LogP) is 3.19. The van der Waals surface area contributed by atoms with Crippen molar-refractivity contribution < 1.29 is 4.79 Å². The van der Waals surface area contributed by atoms with Gasteiger partial charge >= 0.3 is 0 Å². The van der Waals surface area contributed by atoms with Crippen molar-refractivity contribution in [2.75, 3.05) is 0 Å². The third-order valence-corrected chi connectivity index (χ3v) is 3.28. The summed E-state index contributed by atoms with van der Waals surface area (Å²) in [4.78, 5) is 11.5. The molecule has 0 spiro atoms. The fourth-order valence-electron chi connectivity index (χ4n) is 2.43. The number of hydrogen-bond donors (Lipinski definition) is 0. The Morgan fingerprint density at radius 1 is 1.36 bits per heavy atom. The molecular formula is C13H20O. The highest BCUT2D eigenvalue weighted by molar-refractivity contribution is 5.83. The summed E-state index contributed by atoms with van der Waals surface area (Å²) in [6.45, 7) is 2.23. The normalized spacial score (nSPS) is 26.9. The average molecular weight is 192 g/mol. The minimum atomic E-state index is 0.277. The molecule has 0 atom stereocenters. The van der Waals surface area contributed by atoms with E-state index in [1.807, 2.05) is 0 Å². The van der Waals surface area contributed by atoms with Crippen molar-refractivity contribution in [2.24, 2.45) is 11.8 Å². The summed E-state index contributed by atoms with van der Waals surface area (Å²) in [5.74, 6) is 3.89. The largest absolute Gasteiger partial charge is 0.298 e. The summed E-state index contributed by atoms with van der Waals surface area (Å²) in [7, 11) is 0. The molecule has 1 fully saturated rings. The van der Waals surface area contributed by atoms with E-state index in [1.54, 1.807) is 0 Å². The quantitative estimate of drug-likeness (QED) is 0.625. The van der Waals surface area contributed by atoms with Crippen LogP contribution in [0.15, 0.2) is 0 Å². The van der Waals surface area contributed by atoms with Crippen molar-refractivity contribution >= 4 is 5.78 Å². The van der Waals surface area contributed by atoms with E-state index >= 15 is 0 Å². The first-order valence-electron chi connectivity index (χ1n) is 5.74. The molecule has 1 heteroatoms. The molecule has 1 aliphatic rings. The van der Waals surface area contributed by atoms with Crippen LogP contribution in [0, 0.1) is 24.2 Å². The molecule has 1 saturated carbocycles. The molecular weight excluding hydrogens is 172 g/mol. The van der Waals surface area contributed by atoms with Crippen molar-refractivity contribution in [3.05, 3.63) is 0 Å². The van der Waals surface area contributed by atoms with Gasteiger partial charge in [0.05, 0.1) is 6.42 Å². The topological polar surface area (TPSA) is 17.1 Å². The van der Waals surface area contributed by atoms with Gasteiger partial charge in [-0.3, -0.25) is 4.79 Å². The van der Waals surface area contributed by atoms with Crippen molar-refractivity contribution in [1.29, 1.82) is 0 Å². The number of Topliss-reactive ketones (excluding diaryl/α,β-unsaturated/α-hetero) is 1. The third kappa shape index (κ3) is 3.18. The SMILES string of the molecule is C#CCC(=O)C1CCC(CCC)CC1. The van der Waals surface area contributed by atoms with Crippen LogP contribution in [-0.4, -0.2) is 5.78 Å². The summed E-state index contributed by atoms with van der Waals surface area (Å²) in [5.41, 5.74) is 0. The van der Waals surface area contributed by atoms with Crippen LogP contribution >= 0.6 is 0 Å². The average Bonchev–Trinajstić information content (AvgIpc) is 2.20. The van der Waals surface area contributed by atoms with Gasteiger partial charge in [0.2, 0.25) is 0 Å². The maximum Gasteiger partial charge on any atom is 0.147 e. The van der Waals surface area contributed by atoms with Crippen LogP contribution in [0.25, 0.3) is 0 Å². The van der Waals surface area contributed by atoms with E-state index in [-0.39, 0.29) is 5.92 Å². The second-order valence-corrected chi connectivity index (χ2v) is 4.35.